The molecular formula is C20H19NO2. The van der Waals surface area contributed by atoms with E-state index < -0.39 is 5.97 Å². The van der Waals surface area contributed by atoms with Crippen LogP contribution < -0.4 is 0 Å². The second kappa shape index (κ2) is 6.53. The van der Waals surface area contributed by atoms with Crippen molar-refractivity contribution in [1.82, 2.24) is 4.57 Å². The summed E-state index contributed by atoms with van der Waals surface area (Å²) in [5, 5.41) is 9.11. The fourth-order valence-electron chi connectivity index (χ4n) is 2.65. The van der Waals surface area contributed by atoms with Crippen LogP contribution in [0.2, 0.25) is 0 Å². The Morgan fingerprint density at radius 2 is 2.09 bits per heavy atom. The summed E-state index contributed by atoms with van der Waals surface area (Å²) < 4.78 is 2.06. The third-order valence-electron chi connectivity index (χ3n) is 4.05. The Morgan fingerprint density at radius 3 is 2.87 bits per heavy atom. The molecule has 1 heterocycles. The monoisotopic (exact) mass is 305 g/mol. The van der Waals surface area contributed by atoms with Gasteiger partial charge in [0.1, 0.15) is 0 Å². The van der Waals surface area contributed by atoms with Crippen LogP contribution in [0.3, 0.4) is 0 Å². The number of hydrogen-bond acceptors (Lipinski definition) is 1. The van der Waals surface area contributed by atoms with Gasteiger partial charge in [-0.1, -0.05) is 36.8 Å². The average molecular weight is 305 g/mol. The molecule has 0 aliphatic heterocycles. The van der Waals surface area contributed by atoms with Crippen molar-refractivity contribution in [3.63, 3.8) is 0 Å². The number of carboxylic acid groups (broad SMARTS) is 1. The molecule has 0 fully saturated rings. The second-order valence-corrected chi connectivity index (χ2v) is 5.57. The largest absolute Gasteiger partial charge is 0.478 e. The molecule has 0 saturated carbocycles. The molecule has 0 radical (unpaired) electrons. The molecule has 0 amide bonds. The first kappa shape index (κ1) is 15.1. The molecule has 1 aromatic carbocycles. The molecule has 0 unspecified atom stereocenters. The van der Waals surface area contributed by atoms with Crippen molar-refractivity contribution in [2.45, 2.75) is 19.8 Å². The van der Waals surface area contributed by atoms with Gasteiger partial charge < -0.3 is 9.67 Å². The van der Waals surface area contributed by atoms with Gasteiger partial charge in [0.2, 0.25) is 0 Å². The van der Waals surface area contributed by atoms with Crippen molar-refractivity contribution in [1.29, 1.82) is 0 Å². The molecule has 2 aromatic rings. The summed E-state index contributed by atoms with van der Waals surface area (Å²) in [6, 6.07) is 9.02. The van der Waals surface area contributed by atoms with E-state index >= 15 is 0 Å². The van der Waals surface area contributed by atoms with Crippen molar-refractivity contribution < 1.29 is 9.90 Å². The minimum atomic E-state index is -0.905. The second-order valence-electron chi connectivity index (χ2n) is 5.57. The first-order chi connectivity index (χ1) is 11.2. The fraction of sp³-hybridized carbons (Fsp3) is 0.150. The Hall–Kier alpha value is -2.81. The van der Waals surface area contributed by atoms with Crippen molar-refractivity contribution in [2.24, 2.45) is 0 Å². The number of allylic oxidation sites excluding steroid dienone is 6. The molecule has 0 bridgehead atoms. The summed E-state index contributed by atoms with van der Waals surface area (Å²) in [5.74, 6) is -0.905. The minimum Gasteiger partial charge on any atom is -0.478 e. The molecule has 0 atom stereocenters. The van der Waals surface area contributed by atoms with E-state index in [4.69, 9.17) is 5.11 Å². The standard InChI is InChI=1S/C20H19NO2/c1-2-15-5-3-8-19(10-9-15)21-12-11-18(14-21)16-6-4-7-17(13-16)20(22)23/h3-4,6-14H,2,5H2,1H3,(H,22,23). The van der Waals surface area contributed by atoms with Gasteiger partial charge in [-0.15, -0.1) is 0 Å². The van der Waals surface area contributed by atoms with E-state index in [0.29, 0.717) is 5.56 Å². The smallest absolute Gasteiger partial charge is 0.335 e. The van der Waals surface area contributed by atoms with Crippen LogP contribution in [0, 0.1) is 0 Å². The quantitative estimate of drug-likeness (QED) is 0.864. The third kappa shape index (κ3) is 3.34. The van der Waals surface area contributed by atoms with E-state index in [2.05, 4.69) is 35.8 Å². The molecular weight excluding hydrogens is 286 g/mol. The van der Waals surface area contributed by atoms with Crippen LogP contribution >= 0.6 is 0 Å². The van der Waals surface area contributed by atoms with Crippen molar-refractivity contribution in [3.05, 3.63) is 78.2 Å². The zero-order valence-corrected chi connectivity index (χ0v) is 13.1. The highest BCUT2D eigenvalue weighted by Crippen LogP contribution is 2.24. The lowest BCUT2D eigenvalue weighted by atomic mass is 10.1. The Labute approximate surface area is 135 Å². The van der Waals surface area contributed by atoms with Gasteiger partial charge in [0.05, 0.1) is 5.56 Å². The summed E-state index contributed by atoms with van der Waals surface area (Å²) in [5.41, 5.74) is 4.74. The summed E-state index contributed by atoms with van der Waals surface area (Å²) in [6.07, 6.45) is 14.7. The molecule has 3 rings (SSSR count). The van der Waals surface area contributed by atoms with Gasteiger partial charge in [0.25, 0.3) is 0 Å². The Kier molecular flexibility index (Phi) is 4.29. The number of carboxylic acids is 1. The summed E-state index contributed by atoms with van der Waals surface area (Å²) in [6.45, 7) is 2.17. The van der Waals surface area contributed by atoms with Gasteiger partial charge in [0, 0.05) is 18.1 Å². The Balaban J connectivity index is 1.92. The molecule has 3 nitrogen and oxygen atoms in total. The predicted molar refractivity (Wildman–Crippen MR) is 93.2 cm³/mol. The zero-order valence-electron chi connectivity index (χ0n) is 13.1. The number of benzene rings is 1. The first-order valence-corrected chi connectivity index (χ1v) is 7.75. The van der Waals surface area contributed by atoms with Crippen molar-refractivity contribution in [3.8, 4) is 11.1 Å². The van der Waals surface area contributed by atoms with Gasteiger partial charge in [-0.25, -0.2) is 4.79 Å². The molecule has 1 N–H and O–H groups in total. The average Bonchev–Trinajstić information content (AvgIpc) is 2.94. The maximum atomic E-state index is 11.1. The van der Waals surface area contributed by atoms with E-state index in [0.717, 1.165) is 29.7 Å². The molecule has 23 heavy (non-hydrogen) atoms. The van der Waals surface area contributed by atoms with E-state index in [9.17, 15) is 4.79 Å². The van der Waals surface area contributed by atoms with E-state index in [1.54, 1.807) is 18.2 Å². The lowest BCUT2D eigenvalue weighted by molar-refractivity contribution is 0.0697. The van der Waals surface area contributed by atoms with Gasteiger partial charge in [0.15, 0.2) is 0 Å². The number of rotatable bonds is 4. The molecule has 0 saturated heterocycles. The number of hydrogen-bond donors (Lipinski definition) is 1. The predicted octanol–water partition coefficient (Wildman–Crippen LogP) is 4.99. The number of carbonyl (C=O) groups is 1. The lowest BCUT2D eigenvalue weighted by Gasteiger charge is -2.03. The molecule has 1 aromatic heterocycles. The van der Waals surface area contributed by atoms with E-state index in [-0.39, 0.29) is 0 Å². The minimum absolute atomic E-state index is 0.305. The van der Waals surface area contributed by atoms with Crippen LogP contribution in [-0.2, 0) is 0 Å². The van der Waals surface area contributed by atoms with Crippen LogP contribution in [0.4, 0.5) is 0 Å². The first-order valence-electron chi connectivity index (χ1n) is 7.75. The molecule has 3 heteroatoms. The maximum absolute atomic E-state index is 11.1. The highest BCUT2D eigenvalue weighted by Gasteiger charge is 2.07. The Morgan fingerprint density at radius 1 is 1.22 bits per heavy atom. The summed E-state index contributed by atoms with van der Waals surface area (Å²) >= 11 is 0. The van der Waals surface area contributed by atoms with Crippen LogP contribution in [0.15, 0.2) is 72.6 Å². The van der Waals surface area contributed by atoms with Crippen LogP contribution in [0.1, 0.15) is 30.1 Å². The maximum Gasteiger partial charge on any atom is 0.335 e. The van der Waals surface area contributed by atoms with Crippen LogP contribution in [-0.4, -0.2) is 15.6 Å². The summed E-state index contributed by atoms with van der Waals surface area (Å²) in [7, 11) is 0. The van der Waals surface area contributed by atoms with E-state index in [1.165, 1.54) is 5.57 Å². The normalized spacial score (nSPS) is 14.1. The van der Waals surface area contributed by atoms with Gasteiger partial charge in [-0.2, -0.15) is 0 Å². The third-order valence-corrected chi connectivity index (χ3v) is 4.05. The summed E-state index contributed by atoms with van der Waals surface area (Å²) in [4.78, 5) is 11.1. The molecule has 1 aliphatic rings. The number of aromatic nitrogens is 1. The van der Waals surface area contributed by atoms with Crippen molar-refractivity contribution in [2.75, 3.05) is 0 Å². The highest BCUT2D eigenvalue weighted by atomic mass is 16.4. The lowest BCUT2D eigenvalue weighted by Crippen LogP contribution is -1.95. The van der Waals surface area contributed by atoms with Crippen LogP contribution in [0.5, 0.6) is 0 Å². The SMILES string of the molecule is CCC1=CC=C(n2ccc(-c3cccc(C(=O)O)c3)c2)C=CC1. The number of aromatic carboxylic acids is 1. The number of nitrogens with zero attached hydrogens (tertiary/aromatic N) is 1. The van der Waals surface area contributed by atoms with Gasteiger partial charge in [-0.05, 0) is 54.3 Å². The van der Waals surface area contributed by atoms with Crippen LogP contribution in [0.25, 0.3) is 16.8 Å². The van der Waals surface area contributed by atoms with E-state index in [1.807, 2.05) is 24.5 Å². The topological polar surface area (TPSA) is 42.2 Å². The van der Waals surface area contributed by atoms with Gasteiger partial charge in [-0.3, -0.25) is 0 Å². The highest BCUT2D eigenvalue weighted by molar-refractivity contribution is 5.89. The zero-order chi connectivity index (χ0) is 16.2. The molecule has 116 valence electrons. The molecule has 0 spiro atoms. The van der Waals surface area contributed by atoms with Gasteiger partial charge >= 0.3 is 5.97 Å². The molecule has 1 aliphatic carbocycles. The fourth-order valence-corrected chi connectivity index (χ4v) is 2.65. The van der Waals surface area contributed by atoms with Crippen molar-refractivity contribution >= 4 is 11.7 Å². The Bertz CT molecular complexity index is 822.